The van der Waals surface area contributed by atoms with Crippen LogP contribution in [0.1, 0.15) is 32.0 Å². The number of aromatic nitrogens is 2. The topological polar surface area (TPSA) is 156 Å². The Labute approximate surface area is 215 Å². The van der Waals surface area contributed by atoms with Crippen LogP contribution in [0.15, 0.2) is 65.3 Å². The number of benzene rings is 1. The molecule has 6 rings (SSSR count). The predicted octanol–water partition coefficient (Wildman–Crippen LogP) is 2.17. The fourth-order valence-electron chi connectivity index (χ4n) is 4.63. The van der Waals surface area contributed by atoms with Crippen molar-refractivity contribution in [2.75, 3.05) is 19.0 Å². The van der Waals surface area contributed by atoms with Crippen molar-refractivity contribution in [2.45, 2.75) is 12.1 Å². The molecule has 0 radical (unpaired) electrons. The van der Waals surface area contributed by atoms with Crippen molar-refractivity contribution in [3.8, 4) is 5.75 Å². The van der Waals surface area contributed by atoms with Crippen molar-refractivity contribution in [2.24, 2.45) is 0 Å². The number of pyridine rings is 2. The van der Waals surface area contributed by atoms with Gasteiger partial charge < -0.3 is 24.7 Å². The zero-order valence-electron chi connectivity index (χ0n) is 20.0. The lowest BCUT2D eigenvalue weighted by molar-refractivity contribution is -0.125. The molecule has 0 aliphatic carbocycles. The number of hydrogen-bond acceptors (Lipinski definition) is 8. The number of amides is 5. The van der Waals surface area contributed by atoms with Crippen LogP contribution in [0.2, 0.25) is 0 Å². The normalized spacial score (nSPS) is 18.3. The van der Waals surface area contributed by atoms with E-state index in [2.05, 4.69) is 25.9 Å². The Morgan fingerprint density at radius 1 is 1.13 bits per heavy atom. The summed E-state index contributed by atoms with van der Waals surface area (Å²) in [5.41, 5.74) is 0.646. The van der Waals surface area contributed by atoms with Crippen molar-refractivity contribution in [3.05, 3.63) is 83.4 Å². The fourth-order valence-corrected chi connectivity index (χ4v) is 4.63. The molecule has 4 aromatic rings. The van der Waals surface area contributed by atoms with Gasteiger partial charge in [-0.25, -0.2) is 9.78 Å². The minimum absolute atomic E-state index is 0.0993. The lowest BCUT2D eigenvalue weighted by atomic mass is 9.95. The van der Waals surface area contributed by atoms with Crippen LogP contribution < -0.4 is 20.7 Å². The molecule has 12 heteroatoms. The standard InChI is InChI=1S/C26H20N6O6/c1-37-16-3-2-15-12-32(23(34)17(15)10-16)13-26(24(35)30-25(36)31-26)20-11-18-19(38-20)4-5-21(28-18)29-22(33)14-6-8-27-9-7-14/h2-11H,12-13H2,1H3,(H,28,29,33)(H2,30,31,35,36)/t26-/m0/s1. The number of imide groups is 1. The van der Waals surface area contributed by atoms with Gasteiger partial charge >= 0.3 is 6.03 Å². The smallest absolute Gasteiger partial charge is 0.322 e. The number of fused-ring (bicyclic) bond motifs is 2. The Balaban J connectivity index is 1.31. The minimum Gasteiger partial charge on any atom is -0.497 e. The Hall–Kier alpha value is -5.26. The van der Waals surface area contributed by atoms with Gasteiger partial charge in [-0.3, -0.25) is 24.7 Å². The van der Waals surface area contributed by atoms with Crippen LogP contribution in [0.25, 0.3) is 11.1 Å². The van der Waals surface area contributed by atoms with E-state index in [1.165, 1.54) is 30.5 Å². The highest BCUT2D eigenvalue weighted by Gasteiger charge is 2.53. The Morgan fingerprint density at radius 3 is 2.68 bits per heavy atom. The first-order valence-corrected chi connectivity index (χ1v) is 11.6. The molecule has 0 spiro atoms. The first-order chi connectivity index (χ1) is 18.4. The van der Waals surface area contributed by atoms with Gasteiger partial charge in [-0.2, -0.15) is 0 Å². The Kier molecular flexibility index (Phi) is 5.30. The molecule has 1 aromatic carbocycles. The zero-order chi connectivity index (χ0) is 26.4. The summed E-state index contributed by atoms with van der Waals surface area (Å²) in [6, 6.07) is 12.3. The second-order valence-electron chi connectivity index (χ2n) is 8.88. The highest BCUT2D eigenvalue weighted by atomic mass is 16.5. The number of hydrogen-bond donors (Lipinski definition) is 3. The van der Waals surface area contributed by atoms with Crippen LogP contribution in [0.5, 0.6) is 5.75 Å². The van der Waals surface area contributed by atoms with Crippen LogP contribution in [-0.4, -0.2) is 52.3 Å². The number of nitrogens with one attached hydrogen (secondary N) is 3. The molecule has 38 heavy (non-hydrogen) atoms. The number of anilines is 1. The van der Waals surface area contributed by atoms with Gasteiger partial charge in [0.15, 0.2) is 11.1 Å². The van der Waals surface area contributed by atoms with Crippen LogP contribution in [0, 0.1) is 0 Å². The van der Waals surface area contributed by atoms with Gasteiger partial charge in [-0.1, -0.05) is 6.07 Å². The van der Waals surface area contributed by atoms with Gasteiger partial charge in [0.1, 0.15) is 22.8 Å². The van der Waals surface area contributed by atoms with E-state index >= 15 is 0 Å². The molecule has 3 N–H and O–H groups in total. The summed E-state index contributed by atoms with van der Waals surface area (Å²) in [6.07, 6.45) is 3.02. The van der Waals surface area contributed by atoms with Gasteiger partial charge in [0.25, 0.3) is 17.7 Å². The second-order valence-corrected chi connectivity index (χ2v) is 8.88. The summed E-state index contributed by atoms with van der Waals surface area (Å²) >= 11 is 0. The number of methoxy groups -OCH3 is 1. The van der Waals surface area contributed by atoms with Crippen molar-refractivity contribution in [3.63, 3.8) is 0 Å². The van der Waals surface area contributed by atoms with Gasteiger partial charge in [0.05, 0.1) is 13.7 Å². The van der Waals surface area contributed by atoms with E-state index in [9.17, 15) is 19.2 Å². The molecule has 0 bridgehead atoms. The van der Waals surface area contributed by atoms with Crippen LogP contribution in [0.4, 0.5) is 10.6 Å². The van der Waals surface area contributed by atoms with E-state index in [-0.39, 0.29) is 36.5 Å². The fraction of sp³-hybridized carbons (Fsp3) is 0.154. The second kappa shape index (κ2) is 8.69. The molecule has 1 atom stereocenters. The third kappa shape index (κ3) is 3.79. The maximum absolute atomic E-state index is 13.2. The molecular weight excluding hydrogens is 492 g/mol. The molecule has 5 amide bonds. The van der Waals surface area contributed by atoms with Crippen molar-refractivity contribution < 1.29 is 28.3 Å². The van der Waals surface area contributed by atoms with Crippen LogP contribution >= 0.6 is 0 Å². The molecule has 1 saturated heterocycles. The van der Waals surface area contributed by atoms with Gasteiger partial charge in [-0.05, 0) is 42.0 Å². The quantitative estimate of drug-likeness (QED) is 0.332. The summed E-state index contributed by atoms with van der Waals surface area (Å²) in [7, 11) is 1.51. The molecule has 3 aromatic heterocycles. The number of rotatable bonds is 6. The minimum atomic E-state index is -1.68. The summed E-state index contributed by atoms with van der Waals surface area (Å²) in [4.78, 5) is 60.9. The number of carbonyl (C=O) groups is 4. The number of carbonyl (C=O) groups excluding carboxylic acids is 4. The largest absolute Gasteiger partial charge is 0.497 e. The van der Waals surface area contributed by atoms with Gasteiger partial charge in [-0.15, -0.1) is 0 Å². The molecule has 0 saturated carbocycles. The molecular formula is C26H20N6O6. The number of nitrogens with zero attached hydrogens (tertiary/aromatic N) is 3. The molecule has 1 fully saturated rings. The lowest BCUT2D eigenvalue weighted by Crippen LogP contribution is -2.52. The number of ether oxygens (including phenoxy) is 1. The van der Waals surface area contributed by atoms with E-state index in [1.54, 1.807) is 42.5 Å². The van der Waals surface area contributed by atoms with E-state index in [4.69, 9.17) is 9.15 Å². The van der Waals surface area contributed by atoms with Crippen LogP contribution in [-0.2, 0) is 16.9 Å². The van der Waals surface area contributed by atoms with E-state index in [0.29, 0.717) is 28.0 Å². The van der Waals surface area contributed by atoms with Crippen molar-refractivity contribution in [1.82, 2.24) is 25.5 Å². The SMILES string of the molecule is COc1ccc2c(c1)C(=O)N(C[C@@]1(c3cc4nc(NC(=O)c5ccncc5)ccc4o3)NC(=O)NC1=O)C2. The summed E-state index contributed by atoms with van der Waals surface area (Å²) in [5.74, 6) is -0.430. The average molecular weight is 512 g/mol. The molecule has 190 valence electrons. The summed E-state index contributed by atoms with van der Waals surface area (Å²) < 4.78 is 11.2. The van der Waals surface area contributed by atoms with Gasteiger partial charge in [0, 0.05) is 36.1 Å². The van der Waals surface area contributed by atoms with Crippen LogP contribution in [0.3, 0.4) is 0 Å². The molecule has 0 unspecified atom stereocenters. The zero-order valence-corrected chi connectivity index (χ0v) is 20.0. The number of furan rings is 1. The van der Waals surface area contributed by atoms with Gasteiger partial charge in [0.2, 0.25) is 0 Å². The maximum atomic E-state index is 13.2. The molecule has 5 heterocycles. The highest BCUT2D eigenvalue weighted by molar-refractivity contribution is 6.08. The molecule has 2 aliphatic heterocycles. The van der Waals surface area contributed by atoms with E-state index < -0.39 is 17.5 Å². The lowest BCUT2D eigenvalue weighted by Gasteiger charge is -2.28. The number of urea groups is 1. The molecule has 12 nitrogen and oxygen atoms in total. The molecule has 2 aliphatic rings. The summed E-state index contributed by atoms with van der Waals surface area (Å²) in [5, 5.41) is 7.60. The maximum Gasteiger partial charge on any atom is 0.322 e. The highest BCUT2D eigenvalue weighted by Crippen LogP contribution is 2.35. The third-order valence-electron chi connectivity index (χ3n) is 6.54. The monoisotopic (exact) mass is 512 g/mol. The summed E-state index contributed by atoms with van der Waals surface area (Å²) in [6.45, 7) is 0.0680. The van der Waals surface area contributed by atoms with Crippen molar-refractivity contribution in [1.29, 1.82) is 0 Å². The van der Waals surface area contributed by atoms with E-state index in [0.717, 1.165) is 5.56 Å². The third-order valence-corrected chi connectivity index (χ3v) is 6.54. The first kappa shape index (κ1) is 23.2. The Bertz CT molecular complexity index is 1630. The Morgan fingerprint density at radius 2 is 1.95 bits per heavy atom. The predicted molar refractivity (Wildman–Crippen MR) is 132 cm³/mol. The van der Waals surface area contributed by atoms with E-state index in [1.807, 2.05) is 0 Å². The average Bonchev–Trinajstić information content (AvgIpc) is 3.57. The van der Waals surface area contributed by atoms with Crippen molar-refractivity contribution >= 4 is 40.7 Å². The first-order valence-electron chi connectivity index (χ1n) is 11.6.